The Labute approximate surface area is 109 Å². The predicted molar refractivity (Wildman–Crippen MR) is 67.6 cm³/mol. The van der Waals surface area contributed by atoms with Crippen LogP contribution in [0.25, 0.3) is 11.1 Å². The third kappa shape index (κ3) is 3.35. The fraction of sp³-hybridized carbons (Fsp3) is 0.200. The summed E-state index contributed by atoms with van der Waals surface area (Å²) in [4.78, 5) is 0. The first kappa shape index (κ1) is 13.6. The number of halogens is 3. The summed E-state index contributed by atoms with van der Waals surface area (Å²) in [5, 5.41) is 9.19. The zero-order valence-corrected chi connectivity index (χ0v) is 10.1. The summed E-state index contributed by atoms with van der Waals surface area (Å²) in [6, 6.07) is 16.0. The van der Waals surface area contributed by atoms with Crippen LogP contribution in [0.1, 0.15) is 5.56 Å². The van der Waals surface area contributed by atoms with Gasteiger partial charge in [0.05, 0.1) is 0 Å². The fourth-order valence-electron chi connectivity index (χ4n) is 1.92. The molecule has 0 amide bonds. The average Bonchev–Trinajstić information content (AvgIpc) is 2.39. The maximum absolute atomic E-state index is 12.4. The molecule has 1 nitrogen and oxygen atoms in total. The molecule has 0 bridgehead atoms. The normalized spacial score (nSPS) is 13.3. The van der Waals surface area contributed by atoms with Crippen LogP contribution >= 0.6 is 0 Å². The number of aliphatic hydroxyl groups excluding tert-OH is 1. The molecule has 2 rings (SSSR count). The van der Waals surface area contributed by atoms with Crippen molar-refractivity contribution in [3.8, 4) is 11.1 Å². The van der Waals surface area contributed by atoms with Crippen molar-refractivity contribution in [1.82, 2.24) is 0 Å². The van der Waals surface area contributed by atoms with Gasteiger partial charge in [0.25, 0.3) is 0 Å². The average molecular weight is 266 g/mol. The molecule has 0 aliphatic rings. The van der Waals surface area contributed by atoms with Gasteiger partial charge < -0.3 is 5.11 Å². The Hall–Kier alpha value is -1.81. The van der Waals surface area contributed by atoms with Crippen LogP contribution < -0.4 is 0 Å². The maximum Gasteiger partial charge on any atom is 0.414 e. The molecule has 1 N–H and O–H groups in total. The van der Waals surface area contributed by atoms with Gasteiger partial charge in [-0.1, -0.05) is 54.6 Å². The number of hydrogen-bond donors (Lipinski definition) is 1. The summed E-state index contributed by atoms with van der Waals surface area (Å²) in [6.07, 6.45) is -7.37. The minimum atomic E-state index is -4.59. The Morgan fingerprint density at radius 3 is 2.11 bits per heavy atom. The van der Waals surface area contributed by atoms with Gasteiger partial charge in [0.1, 0.15) is 0 Å². The van der Waals surface area contributed by atoms with Crippen LogP contribution in [0.15, 0.2) is 54.6 Å². The van der Waals surface area contributed by atoms with Crippen molar-refractivity contribution in [3.05, 3.63) is 60.2 Å². The Balaban J connectivity index is 2.32. The van der Waals surface area contributed by atoms with Gasteiger partial charge >= 0.3 is 6.18 Å². The quantitative estimate of drug-likeness (QED) is 0.895. The van der Waals surface area contributed by atoms with Crippen molar-refractivity contribution in [2.75, 3.05) is 0 Å². The van der Waals surface area contributed by atoms with Gasteiger partial charge in [0.2, 0.25) is 0 Å². The highest BCUT2D eigenvalue weighted by Crippen LogP contribution is 2.28. The molecule has 0 fully saturated rings. The van der Waals surface area contributed by atoms with E-state index in [9.17, 15) is 18.3 Å². The Kier molecular flexibility index (Phi) is 3.90. The first-order valence-corrected chi connectivity index (χ1v) is 5.86. The molecule has 1 unspecified atom stereocenters. The van der Waals surface area contributed by atoms with Crippen molar-refractivity contribution in [1.29, 1.82) is 0 Å². The molecule has 0 saturated heterocycles. The molecule has 0 spiro atoms. The zero-order valence-electron chi connectivity index (χ0n) is 10.1. The minimum absolute atomic E-state index is 0.436. The second kappa shape index (κ2) is 5.45. The van der Waals surface area contributed by atoms with Gasteiger partial charge in [-0.25, -0.2) is 0 Å². The number of hydrogen-bond acceptors (Lipinski definition) is 1. The van der Waals surface area contributed by atoms with Crippen molar-refractivity contribution in [3.63, 3.8) is 0 Å². The number of benzene rings is 2. The molecule has 0 heterocycles. The molecule has 0 aliphatic carbocycles. The Morgan fingerprint density at radius 2 is 1.47 bits per heavy atom. The Bertz CT molecular complexity index is 535. The first-order valence-electron chi connectivity index (χ1n) is 5.86. The third-order valence-electron chi connectivity index (χ3n) is 2.89. The van der Waals surface area contributed by atoms with Gasteiger partial charge in [0.15, 0.2) is 6.10 Å². The minimum Gasteiger partial charge on any atom is -0.383 e. The molecule has 0 radical (unpaired) electrons. The molecule has 0 aliphatic heterocycles. The Morgan fingerprint density at radius 1 is 0.895 bits per heavy atom. The molecular weight excluding hydrogens is 253 g/mol. The maximum atomic E-state index is 12.4. The number of rotatable bonds is 3. The van der Waals surface area contributed by atoms with E-state index in [2.05, 4.69) is 0 Å². The van der Waals surface area contributed by atoms with Gasteiger partial charge in [-0.2, -0.15) is 13.2 Å². The summed E-state index contributed by atoms with van der Waals surface area (Å²) in [7, 11) is 0. The van der Waals surface area contributed by atoms with Crippen LogP contribution in [0.3, 0.4) is 0 Å². The standard InChI is InChI=1S/C15H13F3O/c16-15(17,18)14(19)10-12-8-4-5-9-13(12)11-6-2-1-3-7-11/h1-9,14,19H,10H2. The van der Waals surface area contributed by atoms with Crippen LogP contribution in [0.2, 0.25) is 0 Å². The summed E-state index contributed by atoms with van der Waals surface area (Å²) in [5.41, 5.74) is 2.04. The molecule has 1 atom stereocenters. The fourth-order valence-corrected chi connectivity index (χ4v) is 1.92. The van der Waals surface area contributed by atoms with Crippen molar-refractivity contribution >= 4 is 0 Å². The number of alkyl halides is 3. The van der Waals surface area contributed by atoms with Crippen molar-refractivity contribution < 1.29 is 18.3 Å². The molecule has 4 heteroatoms. The van der Waals surface area contributed by atoms with Crippen LogP contribution in [-0.2, 0) is 6.42 Å². The molecule has 2 aromatic rings. The van der Waals surface area contributed by atoms with Gasteiger partial charge in [0, 0.05) is 6.42 Å². The van der Waals surface area contributed by atoms with E-state index in [1.165, 1.54) is 0 Å². The molecular formula is C15H13F3O. The zero-order chi connectivity index (χ0) is 13.9. The van der Waals surface area contributed by atoms with E-state index in [4.69, 9.17) is 0 Å². The summed E-state index contributed by atoms with van der Waals surface area (Å²) >= 11 is 0. The van der Waals surface area contributed by atoms with E-state index in [0.717, 1.165) is 5.56 Å². The lowest BCUT2D eigenvalue weighted by atomic mass is 9.96. The highest BCUT2D eigenvalue weighted by molar-refractivity contribution is 5.67. The van der Waals surface area contributed by atoms with Crippen LogP contribution in [-0.4, -0.2) is 17.4 Å². The molecule has 0 aromatic heterocycles. The second-order valence-corrected chi connectivity index (χ2v) is 4.28. The lowest BCUT2D eigenvalue weighted by Gasteiger charge is -2.16. The summed E-state index contributed by atoms with van der Waals surface area (Å²) < 4.78 is 37.3. The summed E-state index contributed by atoms with van der Waals surface area (Å²) in [6.45, 7) is 0. The van der Waals surface area contributed by atoms with E-state index in [-0.39, 0.29) is 0 Å². The van der Waals surface area contributed by atoms with Crippen LogP contribution in [0, 0.1) is 0 Å². The highest BCUT2D eigenvalue weighted by Gasteiger charge is 2.38. The SMILES string of the molecule is OC(Cc1ccccc1-c1ccccc1)C(F)(F)F. The number of aliphatic hydroxyl groups is 1. The van der Waals surface area contributed by atoms with Gasteiger partial charge in [-0.3, -0.25) is 0 Å². The predicted octanol–water partition coefficient (Wildman–Crippen LogP) is 3.82. The van der Waals surface area contributed by atoms with E-state index in [1.54, 1.807) is 24.3 Å². The van der Waals surface area contributed by atoms with E-state index >= 15 is 0 Å². The van der Waals surface area contributed by atoms with Gasteiger partial charge in [-0.15, -0.1) is 0 Å². The van der Waals surface area contributed by atoms with E-state index in [1.807, 2.05) is 30.3 Å². The largest absolute Gasteiger partial charge is 0.414 e. The summed E-state index contributed by atoms with van der Waals surface area (Å²) in [5.74, 6) is 0. The topological polar surface area (TPSA) is 20.2 Å². The molecule has 2 aromatic carbocycles. The first-order chi connectivity index (χ1) is 8.98. The monoisotopic (exact) mass is 266 g/mol. The molecule has 100 valence electrons. The third-order valence-corrected chi connectivity index (χ3v) is 2.89. The molecule has 0 saturated carbocycles. The van der Waals surface area contributed by atoms with Crippen molar-refractivity contribution in [2.24, 2.45) is 0 Å². The molecule has 19 heavy (non-hydrogen) atoms. The van der Waals surface area contributed by atoms with E-state index in [0.29, 0.717) is 11.1 Å². The van der Waals surface area contributed by atoms with Crippen LogP contribution in [0.5, 0.6) is 0 Å². The highest BCUT2D eigenvalue weighted by atomic mass is 19.4. The van der Waals surface area contributed by atoms with E-state index < -0.39 is 18.7 Å². The van der Waals surface area contributed by atoms with Crippen LogP contribution in [0.4, 0.5) is 13.2 Å². The van der Waals surface area contributed by atoms with Crippen molar-refractivity contribution in [2.45, 2.75) is 18.7 Å². The lowest BCUT2D eigenvalue weighted by molar-refractivity contribution is -0.203. The second-order valence-electron chi connectivity index (χ2n) is 4.28. The van der Waals surface area contributed by atoms with Gasteiger partial charge in [-0.05, 0) is 16.7 Å². The lowest BCUT2D eigenvalue weighted by Crippen LogP contribution is -2.30. The smallest absolute Gasteiger partial charge is 0.383 e.